The van der Waals surface area contributed by atoms with Gasteiger partial charge in [-0.3, -0.25) is 24.2 Å². The molecule has 8 nitrogen and oxygen atoms in total. The van der Waals surface area contributed by atoms with Crippen molar-refractivity contribution in [1.29, 1.82) is 0 Å². The fourth-order valence-electron chi connectivity index (χ4n) is 4.15. The van der Waals surface area contributed by atoms with Gasteiger partial charge in [-0.05, 0) is 29.7 Å². The van der Waals surface area contributed by atoms with Crippen LogP contribution >= 0.6 is 0 Å². The molecule has 2 fully saturated rings. The highest BCUT2D eigenvalue weighted by atomic mass is 16.5. The summed E-state index contributed by atoms with van der Waals surface area (Å²) in [5, 5.41) is 0. The number of hydrogen-bond acceptors (Lipinski definition) is 6. The van der Waals surface area contributed by atoms with Gasteiger partial charge in [0.25, 0.3) is 11.8 Å². The maximum absolute atomic E-state index is 13.4. The summed E-state index contributed by atoms with van der Waals surface area (Å²) >= 11 is 0. The van der Waals surface area contributed by atoms with Gasteiger partial charge in [-0.1, -0.05) is 30.3 Å². The SMILES string of the molecule is [2H]C1([2H])CC([2H])(N2C(=O)c3cccc(OCc4ccc(CN5CCOCC5)cc4)c3C2([2H])[2H])C(=O)N(C)C1=O. The fraction of sp³-hybridized carbons (Fsp3) is 0.423. The number of benzene rings is 2. The number of morpholine rings is 1. The largest absolute Gasteiger partial charge is 0.489 e. The Hall–Kier alpha value is -3.23. The molecule has 2 aromatic carbocycles. The van der Waals surface area contributed by atoms with E-state index < -0.39 is 43.0 Å². The van der Waals surface area contributed by atoms with Gasteiger partial charge >= 0.3 is 0 Å². The number of ether oxygens (including phenoxy) is 2. The maximum atomic E-state index is 13.4. The van der Waals surface area contributed by atoms with Gasteiger partial charge in [0.15, 0.2) is 0 Å². The van der Waals surface area contributed by atoms with E-state index in [1.54, 1.807) is 0 Å². The van der Waals surface area contributed by atoms with Crippen molar-refractivity contribution < 1.29 is 30.7 Å². The van der Waals surface area contributed by atoms with Crippen molar-refractivity contribution in [3.63, 3.8) is 0 Å². The van der Waals surface area contributed by atoms with Crippen LogP contribution in [0.1, 0.15) is 46.7 Å². The van der Waals surface area contributed by atoms with E-state index in [2.05, 4.69) is 4.90 Å². The molecule has 1 unspecified atom stereocenters. The van der Waals surface area contributed by atoms with E-state index in [0.29, 0.717) is 9.80 Å². The van der Waals surface area contributed by atoms with Crippen molar-refractivity contribution in [1.82, 2.24) is 14.7 Å². The Labute approximate surface area is 206 Å². The van der Waals surface area contributed by atoms with Crippen LogP contribution in [-0.2, 0) is 34.0 Å². The lowest BCUT2D eigenvalue weighted by molar-refractivity contribution is -0.150. The summed E-state index contributed by atoms with van der Waals surface area (Å²) in [4.78, 5) is 41.9. The lowest BCUT2D eigenvalue weighted by atomic mass is 10.0. The van der Waals surface area contributed by atoms with E-state index in [9.17, 15) is 14.4 Å². The van der Waals surface area contributed by atoms with E-state index in [-0.39, 0.29) is 23.5 Å². The van der Waals surface area contributed by atoms with Gasteiger partial charge in [0.2, 0.25) is 5.91 Å². The van der Waals surface area contributed by atoms with Crippen LogP contribution in [0.5, 0.6) is 5.75 Å². The third-order valence-electron chi connectivity index (χ3n) is 6.14. The van der Waals surface area contributed by atoms with Crippen molar-refractivity contribution in [2.45, 2.75) is 38.5 Å². The molecule has 1 atom stereocenters. The molecular formula is C26H29N3O5. The predicted molar refractivity (Wildman–Crippen MR) is 124 cm³/mol. The Morgan fingerprint density at radius 1 is 1.09 bits per heavy atom. The normalized spacial score (nSPS) is 28.5. The zero-order chi connectivity index (χ0) is 28.2. The predicted octanol–water partition coefficient (Wildman–Crippen LogP) is 2.20. The number of likely N-dealkylation sites (N-methyl/N-ethyl adjacent to an activating group) is 1. The van der Waals surface area contributed by atoms with Crippen molar-refractivity contribution in [2.24, 2.45) is 0 Å². The smallest absolute Gasteiger partial charge is 0.255 e. The van der Waals surface area contributed by atoms with E-state index in [1.807, 2.05) is 24.3 Å². The average molecular weight is 469 g/mol. The molecule has 8 heteroatoms. The third-order valence-corrected chi connectivity index (χ3v) is 6.14. The molecule has 0 N–H and O–H groups in total. The molecule has 3 aliphatic heterocycles. The van der Waals surface area contributed by atoms with Gasteiger partial charge in [0, 0.05) is 46.9 Å². The minimum atomic E-state index is -2.68. The fourth-order valence-corrected chi connectivity index (χ4v) is 4.15. The van der Waals surface area contributed by atoms with Gasteiger partial charge < -0.3 is 14.4 Å². The van der Waals surface area contributed by atoms with Crippen LogP contribution in [0.4, 0.5) is 0 Å². The second kappa shape index (κ2) is 9.56. The number of fused-ring (bicyclic) bond motifs is 1. The monoisotopic (exact) mass is 468 g/mol. The Bertz CT molecular complexity index is 1320. The number of carbonyl (C=O) groups is 3. The summed E-state index contributed by atoms with van der Waals surface area (Å²) in [6, 6.07) is 9.55. The lowest BCUT2D eigenvalue weighted by Gasteiger charge is -2.33. The number of imide groups is 1. The quantitative estimate of drug-likeness (QED) is 0.605. The topological polar surface area (TPSA) is 79.4 Å². The van der Waals surface area contributed by atoms with Crippen molar-refractivity contribution in [3.8, 4) is 5.75 Å². The number of amides is 3. The van der Waals surface area contributed by atoms with Crippen LogP contribution in [0.3, 0.4) is 0 Å². The summed E-state index contributed by atoms with van der Waals surface area (Å²) in [7, 11) is 1.02. The minimum absolute atomic E-state index is 0.0741. The first-order valence-corrected chi connectivity index (χ1v) is 11.2. The molecule has 2 saturated heterocycles. The molecule has 3 amide bonds. The summed E-state index contributed by atoms with van der Waals surface area (Å²) in [5.74, 6) is -3.19. The van der Waals surface area contributed by atoms with Crippen LogP contribution in [0.2, 0.25) is 0 Å². The highest BCUT2D eigenvalue weighted by Crippen LogP contribution is 2.34. The molecular weight excluding hydrogens is 434 g/mol. The van der Waals surface area contributed by atoms with E-state index in [4.69, 9.17) is 16.3 Å². The van der Waals surface area contributed by atoms with Crippen LogP contribution < -0.4 is 4.74 Å². The minimum Gasteiger partial charge on any atom is -0.489 e. The van der Waals surface area contributed by atoms with Gasteiger partial charge in [0.1, 0.15) is 18.4 Å². The molecule has 3 aliphatic rings. The molecule has 0 bridgehead atoms. The van der Waals surface area contributed by atoms with Crippen LogP contribution in [0.25, 0.3) is 0 Å². The summed E-state index contributed by atoms with van der Waals surface area (Å²) in [5.41, 5.74) is 1.74. The molecule has 3 heterocycles. The second-order valence-electron chi connectivity index (χ2n) is 8.39. The zero-order valence-corrected chi connectivity index (χ0v) is 18.9. The Kier molecular flexibility index (Phi) is 4.85. The maximum Gasteiger partial charge on any atom is 0.255 e. The van der Waals surface area contributed by atoms with Gasteiger partial charge in [-0.15, -0.1) is 0 Å². The van der Waals surface area contributed by atoms with Gasteiger partial charge in [0.05, 0.1) is 23.8 Å². The molecule has 0 saturated carbocycles. The van der Waals surface area contributed by atoms with Gasteiger partial charge in [-0.25, -0.2) is 0 Å². The average Bonchev–Trinajstić information content (AvgIpc) is 3.12. The van der Waals surface area contributed by atoms with E-state index >= 15 is 0 Å². The Balaban J connectivity index is 1.37. The van der Waals surface area contributed by atoms with Crippen molar-refractivity contribution in [3.05, 3.63) is 64.7 Å². The third kappa shape index (κ3) is 4.43. The number of nitrogens with zero attached hydrogens (tertiary/aromatic N) is 3. The number of rotatable bonds is 6. The van der Waals surface area contributed by atoms with Crippen LogP contribution in [0, 0.1) is 0 Å². The molecule has 0 radical (unpaired) electrons. The number of carbonyl (C=O) groups excluding carboxylic acids is 3. The van der Waals surface area contributed by atoms with Gasteiger partial charge in [-0.2, -0.15) is 0 Å². The Morgan fingerprint density at radius 2 is 1.82 bits per heavy atom. The highest BCUT2D eigenvalue weighted by Gasteiger charge is 2.42. The highest BCUT2D eigenvalue weighted by molar-refractivity contribution is 6.05. The second-order valence-corrected chi connectivity index (χ2v) is 8.39. The zero-order valence-electron chi connectivity index (χ0n) is 23.9. The molecule has 5 rings (SSSR count). The summed E-state index contributed by atoms with van der Waals surface area (Å²) in [6.07, 6.45) is -3.63. The standard InChI is InChI=1S/C26H29N3O5/c1-27-24(30)10-9-22(26(27)32)29-16-21-20(25(29)31)3-2-4-23(21)34-17-19-7-5-18(6-8-19)15-28-11-13-33-14-12-28/h2-8,22H,9-17H2,1H3/i10D2,16D2,22D. The van der Waals surface area contributed by atoms with Crippen molar-refractivity contribution in [2.75, 3.05) is 33.4 Å². The first-order valence-electron chi connectivity index (χ1n) is 13.7. The number of likely N-dealkylation sites (tertiary alicyclic amines) is 1. The van der Waals surface area contributed by atoms with Crippen LogP contribution in [-0.4, -0.2) is 71.8 Å². The van der Waals surface area contributed by atoms with Crippen LogP contribution in [0.15, 0.2) is 42.5 Å². The first-order chi connectivity index (χ1) is 18.4. The molecule has 0 aliphatic carbocycles. The number of piperidine rings is 1. The first kappa shape index (κ1) is 17.2. The lowest BCUT2D eigenvalue weighted by Crippen LogP contribution is -2.53. The molecule has 0 spiro atoms. The molecule has 0 aromatic heterocycles. The number of hydrogen-bond donors (Lipinski definition) is 0. The van der Waals surface area contributed by atoms with E-state index in [0.717, 1.165) is 51.0 Å². The summed E-state index contributed by atoms with van der Waals surface area (Å²) in [6.45, 7) is 1.41. The molecule has 2 aromatic rings. The molecule has 178 valence electrons. The molecule has 34 heavy (non-hydrogen) atoms. The van der Waals surface area contributed by atoms with Crippen molar-refractivity contribution >= 4 is 17.7 Å². The summed E-state index contributed by atoms with van der Waals surface area (Å²) < 4.78 is 53.8. The Morgan fingerprint density at radius 3 is 2.59 bits per heavy atom. The van der Waals surface area contributed by atoms with E-state index in [1.165, 1.54) is 18.2 Å².